The van der Waals surface area contributed by atoms with E-state index in [1.54, 1.807) is 4.91 Å². The van der Waals surface area contributed by atoms with Crippen LogP contribution in [0.3, 0.4) is 0 Å². The van der Waals surface area contributed by atoms with Crippen LogP contribution in [0.1, 0.15) is 33.6 Å². The largest absolute Gasteiger partial charge is 0.274 e. The van der Waals surface area contributed by atoms with Crippen molar-refractivity contribution in [3.63, 3.8) is 0 Å². The van der Waals surface area contributed by atoms with Gasteiger partial charge in [0.15, 0.2) is 0 Å². The molecule has 0 aromatic heterocycles. The molecule has 1 fully saturated rings. The van der Waals surface area contributed by atoms with Gasteiger partial charge in [-0.2, -0.15) is 0 Å². The number of allylic oxidation sites excluding steroid dienone is 2. The highest BCUT2D eigenvalue weighted by Gasteiger charge is 2.56. The third kappa shape index (κ3) is 3.02. The fraction of sp³-hybridized carbons (Fsp3) is 0.688. The molecule has 0 aromatic rings. The summed E-state index contributed by atoms with van der Waals surface area (Å²) in [7, 11) is 0. The van der Waals surface area contributed by atoms with E-state index in [0.717, 1.165) is 17.4 Å². The Balaban J connectivity index is 1.78. The normalized spacial score (nSPS) is 31.0. The van der Waals surface area contributed by atoms with Gasteiger partial charge in [0.05, 0.1) is 0 Å². The van der Waals surface area contributed by atoms with Crippen LogP contribution in [0.5, 0.6) is 0 Å². The molecule has 0 heterocycles. The number of carbonyl (C=O) groups is 1. The van der Waals surface area contributed by atoms with Crippen molar-refractivity contribution in [2.24, 2.45) is 16.7 Å². The molecule has 1 nitrogen and oxygen atoms in total. The smallest absolute Gasteiger partial charge is 0.246 e. The Morgan fingerprint density at radius 3 is 2.60 bits per heavy atom. The Morgan fingerprint density at radius 2 is 2.05 bits per heavy atom. The Kier molecular flexibility index (Phi) is 5.41. The summed E-state index contributed by atoms with van der Waals surface area (Å²) in [6.07, 6.45) is 11.4. The predicted octanol–water partition coefficient (Wildman–Crippen LogP) is 5.83. The number of rotatable bonds is 5. The molecule has 0 unspecified atom stereocenters. The van der Waals surface area contributed by atoms with E-state index in [1.807, 2.05) is 18.0 Å². The van der Waals surface area contributed by atoms with Crippen molar-refractivity contribution >= 4 is 39.7 Å². The van der Waals surface area contributed by atoms with Crippen molar-refractivity contribution in [2.45, 2.75) is 33.6 Å². The van der Waals surface area contributed by atoms with Gasteiger partial charge in [-0.1, -0.05) is 62.5 Å². The number of carbonyl (C=O) groups excluding carboxylic acids is 1. The third-order valence-electron chi connectivity index (χ3n) is 5.17. The van der Waals surface area contributed by atoms with E-state index in [2.05, 4.69) is 39.0 Å². The van der Waals surface area contributed by atoms with Crippen molar-refractivity contribution in [1.82, 2.24) is 0 Å². The van der Waals surface area contributed by atoms with Gasteiger partial charge >= 0.3 is 0 Å². The minimum Gasteiger partial charge on any atom is -0.274 e. The second-order valence-corrected chi connectivity index (χ2v) is 9.37. The molecule has 112 valence electrons. The van der Waals surface area contributed by atoms with Gasteiger partial charge in [-0.25, -0.2) is 0 Å². The molecule has 0 saturated heterocycles. The molecule has 20 heavy (non-hydrogen) atoms. The summed E-state index contributed by atoms with van der Waals surface area (Å²) in [5, 5.41) is 0. The number of fused-ring (bicyclic) bond motifs is 2. The summed E-state index contributed by atoms with van der Waals surface area (Å²) >= 11 is 4.66. The number of hydrogen-bond acceptors (Lipinski definition) is 4. The molecular formula is C16H24OS3. The maximum Gasteiger partial charge on any atom is 0.246 e. The minimum absolute atomic E-state index is 0.201. The highest BCUT2D eigenvalue weighted by atomic mass is 32.2. The van der Waals surface area contributed by atoms with Crippen LogP contribution in [0.4, 0.5) is 4.79 Å². The van der Waals surface area contributed by atoms with Crippen LogP contribution >= 0.6 is 35.3 Å². The second kappa shape index (κ2) is 6.53. The first kappa shape index (κ1) is 16.6. The zero-order valence-electron chi connectivity index (χ0n) is 12.8. The molecule has 0 amide bonds. The molecule has 4 heteroatoms. The maximum atomic E-state index is 11.1. The molecule has 0 aromatic carbocycles. The average molecular weight is 329 g/mol. The first-order valence-corrected chi connectivity index (χ1v) is 10.3. The lowest BCUT2D eigenvalue weighted by Gasteiger charge is -2.37. The lowest BCUT2D eigenvalue weighted by Crippen LogP contribution is -2.29. The molecule has 2 atom stereocenters. The summed E-state index contributed by atoms with van der Waals surface area (Å²) in [6.45, 7) is 7.29. The zero-order valence-corrected chi connectivity index (χ0v) is 15.2. The van der Waals surface area contributed by atoms with Gasteiger partial charge in [0.2, 0.25) is 4.45 Å². The van der Waals surface area contributed by atoms with Crippen LogP contribution < -0.4 is 0 Å². The van der Waals surface area contributed by atoms with Crippen molar-refractivity contribution in [1.29, 1.82) is 0 Å². The monoisotopic (exact) mass is 328 g/mol. The van der Waals surface area contributed by atoms with Crippen LogP contribution in [0, 0.1) is 16.7 Å². The van der Waals surface area contributed by atoms with Crippen molar-refractivity contribution in [2.75, 3.05) is 17.8 Å². The van der Waals surface area contributed by atoms with E-state index in [1.165, 1.54) is 36.4 Å². The van der Waals surface area contributed by atoms with Gasteiger partial charge in [0.1, 0.15) is 0 Å². The van der Waals surface area contributed by atoms with Crippen LogP contribution in [-0.2, 0) is 0 Å². The lowest BCUT2D eigenvalue weighted by molar-refractivity contribution is 0.179. The summed E-state index contributed by atoms with van der Waals surface area (Å²) in [5.74, 6) is 2.59. The van der Waals surface area contributed by atoms with E-state index in [0.29, 0.717) is 10.8 Å². The fourth-order valence-corrected chi connectivity index (χ4v) is 5.69. The lowest BCUT2D eigenvalue weighted by atomic mass is 9.70. The number of thioether (sulfide) groups is 3. The molecule has 0 spiro atoms. The third-order valence-corrected chi connectivity index (χ3v) is 8.21. The Morgan fingerprint density at radius 1 is 1.35 bits per heavy atom. The van der Waals surface area contributed by atoms with Gasteiger partial charge in [-0.3, -0.25) is 4.79 Å². The Hall–Kier alpha value is 0.200. The van der Waals surface area contributed by atoms with E-state index >= 15 is 0 Å². The van der Waals surface area contributed by atoms with Crippen LogP contribution in [0.2, 0.25) is 0 Å². The maximum absolute atomic E-state index is 11.1. The van der Waals surface area contributed by atoms with Gasteiger partial charge in [0, 0.05) is 16.9 Å². The molecule has 0 radical (unpaired) electrons. The van der Waals surface area contributed by atoms with Crippen molar-refractivity contribution in [3.05, 3.63) is 23.1 Å². The molecule has 2 rings (SSSR count). The van der Waals surface area contributed by atoms with E-state index in [4.69, 9.17) is 0 Å². The predicted molar refractivity (Wildman–Crippen MR) is 95.7 cm³/mol. The minimum atomic E-state index is 0.201. The highest BCUT2D eigenvalue weighted by molar-refractivity contribution is 8.38. The van der Waals surface area contributed by atoms with Gasteiger partial charge in [-0.15, -0.1) is 11.8 Å². The quantitative estimate of drug-likeness (QED) is 0.590. The van der Waals surface area contributed by atoms with Gasteiger partial charge in [-0.05, 0) is 35.3 Å². The summed E-state index contributed by atoms with van der Waals surface area (Å²) in [6, 6.07) is 0. The molecular weight excluding hydrogens is 304 g/mol. The summed E-state index contributed by atoms with van der Waals surface area (Å²) < 4.78 is 0.201. The van der Waals surface area contributed by atoms with E-state index in [9.17, 15) is 4.79 Å². The molecule has 0 N–H and O–H groups in total. The van der Waals surface area contributed by atoms with Gasteiger partial charge in [0.25, 0.3) is 0 Å². The average Bonchev–Trinajstić information content (AvgIpc) is 2.75. The molecule has 2 bridgehead atoms. The Labute approximate surface area is 135 Å². The molecule has 2 aliphatic carbocycles. The second-order valence-electron chi connectivity index (χ2n) is 6.28. The number of hydrogen-bond donors (Lipinski definition) is 0. The van der Waals surface area contributed by atoms with Gasteiger partial charge < -0.3 is 0 Å². The summed E-state index contributed by atoms with van der Waals surface area (Å²) in [4.78, 5) is 12.7. The fourth-order valence-electron chi connectivity index (χ4n) is 3.29. The molecule has 2 aliphatic rings. The van der Waals surface area contributed by atoms with E-state index in [-0.39, 0.29) is 4.45 Å². The van der Waals surface area contributed by atoms with Crippen LogP contribution in [0.15, 0.2) is 23.1 Å². The van der Waals surface area contributed by atoms with Crippen LogP contribution in [0.25, 0.3) is 0 Å². The first-order valence-electron chi connectivity index (χ1n) is 7.12. The zero-order chi connectivity index (χ0) is 14.8. The first-order chi connectivity index (χ1) is 9.41. The highest BCUT2D eigenvalue weighted by Crippen LogP contribution is 2.67. The molecule has 1 saturated carbocycles. The summed E-state index contributed by atoms with van der Waals surface area (Å²) in [5.41, 5.74) is 0.819. The van der Waals surface area contributed by atoms with Crippen LogP contribution in [-0.4, -0.2) is 22.2 Å². The standard InChI is InChI=1S/C16H24OS3/c1-15(2)12-7-8-16(15,3)13(11-12)19-9-5-6-10-20-14(17)18-4/h5-6,11-12H,7-10H2,1-4H3/b6-5+/t12-,16+/m1/s1. The Bertz CT molecular complexity index is 439. The SMILES string of the molecule is CSC(=O)SC/C=C/CSC1=C[C@H]2CC[C@]1(C)C2(C)C. The topological polar surface area (TPSA) is 17.1 Å². The van der Waals surface area contributed by atoms with E-state index < -0.39 is 0 Å². The van der Waals surface area contributed by atoms with Crippen molar-refractivity contribution in [3.8, 4) is 0 Å². The van der Waals surface area contributed by atoms with Crippen molar-refractivity contribution < 1.29 is 4.79 Å². The molecule has 0 aliphatic heterocycles.